The van der Waals surface area contributed by atoms with Gasteiger partial charge in [0.25, 0.3) is 0 Å². The van der Waals surface area contributed by atoms with E-state index in [0.717, 1.165) is 16.5 Å². The fraction of sp³-hybridized carbons (Fsp3) is 0.333. The van der Waals surface area contributed by atoms with Crippen LogP contribution in [0.2, 0.25) is 0 Å². The van der Waals surface area contributed by atoms with Gasteiger partial charge in [-0.3, -0.25) is 4.84 Å². The lowest BCUT2D eigenvalue weighted by molar-refractivity contribution is 0.123. The first-order valence-corrected chi connectivity index (χ1v) is 4.66. The molecule has 66 valence electrons. The van der Waals surface area contributed by atoms with Crippen molar-refractivity contribution in [2.45, 2.75) is 20.0 Å². The van der Waals surface area contributed by atoms with Gasteiger partial charge in [0, 0.05) is 4.47 Å². The van der Waals surface area contributed by atoms with Gasteiger partial charge in [-0.15, -0.1) is 0 Å². The van der Waals surface area contributed by atoms with Crippen LogP contribution in [0.15, 0.2) is 22.7 Å². The first-order chi connectivity index (χ1) is 5.77. The quantitative estimate of drug-likeness (QED) is 0.809. The summed E-state index contributed by atoms with van der Waals surface area (Å²) in [5.41, 5.74) is 2.43. The summed E-state index contributed by atoms with van der Waals surface area (Å²) in [4.78, 5) is 4.59. The third-order valence-electron chi connectivity index (χ3n) is 1.79. The summed E-state index contributed by atoms with van der Waals surface area (Å²) >= 11 is 3.42. The molecule has 0 bridgehead atoms. The first-order valence-electron chi connectivity index (χ1n) is 3.87. The summed E-state index contributed by atoms with van der Waals surface area (Å²) in [5.74, 6) is 5.01. The number of hydrogen-bond acceptors (Lipinski definition) is 2. The van der Waals surface area contributed by atoms with Crippen LogP contribution in [0, 0.1) is 0 Å². The van der Waals surface area contributed by atoms with Crippen LogP contribution in [0.5, 0.6) is 0 Å². The van der Waals surface area contributed by atoms with E-state index in [1.807, 2.05) is 12.1 Å². The highest BCUT2D eigenvalue weighted by atomic mass is 79.9. The van der Waals surface area contributed by atoms with Crippen molar-refractivity contribution >= 4 is 15.9 Å². The smallest absolute Gasteiger partial charge is 0.0932 e. The molecule has 12 heavy (non-hydrogen) atoms. The minimum absolute atomic E-state index is 0.483. The van der Waals surface area contributed by atoms with Crippen molar-refractivity contribution in [3.05, 3.63) is 33.8 Å². The average Bonchev–Trinajstić information content (AvgIpc) is 2.08. The number of aryl methyl sites for hydroxylation is 1. The summed E-state index contributed by atoms with van der Waals surface area (Å²) in [6.07, 6.45) is 0.998. The highest BCUT2D eigenvalue weighted by Gasteiger charge is 2.00. The number of rotatable bonds is 3. The molecule has 0 unspecified atom stereocenters. The summed E-state index contributed by atoms with van der Waals surface area (Å²) in [6.45, 7) is 2.60. The van der Waals surface area contributed by atoms with Crippen LogP contribution in [0.25, 0.3) is 0 Å². The van der Waals surface area contributed by atoms with E-state index >= 15 is 0 Å². The minimum Gasteiger partial charge on any atom is -0.300 e. The Morgan fingerprint density at radius 3 is 2.75 bits per heavy atom. The molecular weight excluding hydrogens is 218 g/mol. The normalized spacial score (nSPS) is 10.2. The van der Waals surface area contributed by atoms with Crippen LogP contribution in [-0.2, 0) is 17.9 Å². The molecule has 0 spiro atoms. The molecule has 0 fully saturated rings. The average molecular weight is 230 g/mol. The molecule has 0 aliphatic carbocycles. The summed E-state index contributed by atoms with van der Waals surface area (Å²) in [6, 6.07) is 6.11. The molecule has 0 saturated carbocycles. The van der Waals surface area contributed by atoms with Crippen molar-refractivity contribution < 1.29 is 4.84 Å². The second-order valence-corrected chi connectivity index (χ2v) is 3.49. The maximum absolute atomic E-state index is 5.01. The van der Waals surface area contributed by atoms with Gasteiger partial charge in [0.05, 0.1) is 6.61 Å². The fourth-order valence-corrected chi connectivity index (χ4v) is 1.56. The Bertz CT molecular complexity index is 263. The van der Waals surface area contributed by atoms with Crippen molar-refractivity contribution in [2.75, 3.05) is 0 Å². The van der Waals surface area contributed by atoms with E-state index < -0.39 is 0 Å². The molecule has 1 rings (SSSR count). The second kappa shape index (κ2) is 4.60. The SMILES string of the molecule is CCc1cc(Br)ccc1CON. The van der Waals surface area contributed by atoms with Gasteiger partial charge in [-0.1, -0.05) is 28.9 Å². The Hall–Kier alpha value is -0.380. The van der Waals surface area contributed by atoms with Gasteiger partial charge < -0.3 is 0 Å². The van der Waals surface area contributed by atoms with Crippen LogP contribution in [-0.4, -0.2) is 0 Å². The van der Waals surface area contributed by atoms with Crippen LogP contribution >= 0.6 is 15.9 Å². The van der Waals surface area contributed by atoms with Gasteiger partial charge in [0.2, 0.25) is 0 Å². The third-order valence-corrected chi connectivity index (χ3v) is 2.28. The largest absolute Gasteiger partial charge is 0.300 e. The molecule has 0 aromatic heterocycles. The molecule has 0 radical (unpaired) electrons. The Morgan fingerprint density at radius 2 is 2.17 bits per heavy atom. The Labute approximate surface area is 80.8 Å². The fourth-order valence-electron chi connectivity index (χ4n) is 1.15. The first kappa shape index (κ1) is 9.71. The lowest BCUT2D eigenvalue weighted by atomic mass is 10.1. The number of hydrogen-bond donors (Lipinski definition) is 1. The van der Waals surface area contributed by atoms with Crippen molar-refractivity contribution in [2.24, 2.45) is 5.90 Å². The van der Waals surface area contributed by atoms with Crippen LogP contribution < -0.4 is 5.90 Å². The topological polar surface area (TPSA) is 35.2 Å². The van der Waals surface area contributed by atoms with E-state index in [4.69, 9.17) is 5.90 Å². The van der Waals surface area contributed by atoms with Crippen LogP contribution in [0.4, 0.5) is 0 Å². The molecule has 1 aromatic carbocycles. The van der Waals surface area contributed by atoms with E-state index in [2.05, 4.69) is 33.8 Å². The van der Waals surface area contributed by atoms with Gasteiger partial charge in [-0.05, 0) is 29.7 Å². The predicted molar refractivity (Wildman–Crippen MR) is 52.5 cm³/mol. The maximum Gasteiger partial charge on any atom is 0.0932 e. The second-order valence-electron chi connectivity index (χ2n) is 2.58. The van der Waals surface area contributed by atoms with E-state index in [1.165, 1.54) is 5.56 Å². The van der Waals surface area contributed by atoms with E-state index in [1.54, 1.807) is 0 Å². The Morgan fingerprint density at radius 1 is 1.42 bits per heavy atom. The van der Waals surface area contributed by atoms with Crippen LogP contribution in [0.1, 0.15) is 18.1 Å². The molecule has 1 aromatic rings. The zero-order chi connectivity index (χ0) is 8.97. The number of benzene rings is 1. The zero-order valence-electron chi connectivity index (χ0n) is 7.01. The zero-order valence-corrected chi connectivity index (χ0v) is 8.60. The maximum atomic E-state index is 5.01. The highest BCUT2D eigenvalue weighted by molar-refractivity contribution is 9.10. The summed E-state index contributed by atoms with van der Waals surface area (Å²) in [7, 11) is 0. The minimum atomic E-state index is 0.483. The highest BCUT2D eigenvalue weighted by Crippen LogP contribution is 2.17. The molecule has 3 heteroatoms. The van der Waals surface area contributed by atoms with Crippen molar-refractivity contribution in [3.8, 4) is 0 Å². The Balaban J connectivity index is 2.94. The van der Waals surface area contributed by atoms with Crippen molar-refractivity contribution in [1.82, 2.24) is 0 Å². The molecular formula is C9H12BrNO. The summed E-state index contributed by atoms with van der Waals surface area (Å²) in [5, 5.41) is 0. The van der Waals surface area contributed by atoms with Crippen LogP contribution in [0.3, 0.4) is 0 Å². The van der Waals surface area contributed by atoms with Crippen molar-refractivity contribution in [3.63, 3.8) is 0 Å². The standard InChI is InChI=1S/C9H12BrNO/c1-2-7-5-9(10)4-3-8(7)6-12-11/h3-5H,2,6,11H2,1H3. The molecule has 0 aliphatic heterocycles. The molecule has 0 heterocycles. The monoisotopic (exact) mass is 229 g/mol. The lowest BCUT2D eigenvalue weighted by Gasteiger charge is -2.06. The number of nitrogens with two attached hydrogens (primary N) is 1. The molecule has 0 saturated heterocycles. The molecule has 2 N–H and O–H groups in total. The van der Waals surface area contributed by atoms with Gasteiger partial charge >= 0.3 is 0 Å². The van der Waals surface area contributed by atoms with Gasteiger partial charge in [0.15, 0.2) is 0 Å². The Kier molecular flexibility index (Phi) is 3.72. The number of halogens is 1. The third kappa shape index (κ3) is 2.30. The predicted octanol–water partition coefficient (Wildman–Crippen LogP) is 2.40. The molecule has 0 amide bonds. The van der Waals surface area contributed by atoms with Crippen molar-refractivity contribution in [1.29, 1.82) is 0 Å². The molecule has 0 atom stereocenters. The van der Waals surface area contributed by atoms with Gasteiger partial charge in [0.1, 0.15) is 0 Å². The van der Waals surface area contributed by atoms with E-state index in [0.29, 0.717) is 6.61 Å². The molecule has 2 nitrogen and oxygen atoms in total. The van der Waals surface area contributed by atoms with E-state index in [-0.39, 0.29) is 0 Å². The van der Waals surface area contributed by atoms with Gasteiger partial charge in [-0.2, -0.15) is 0 Å². The summed E-state index contributed by atoms with van der Waals surface area (Å²) < 4.78 is 1.10. The molecule has 0 aliphatic rings. The lowest BCUT2D eigenvalue weighted by Crippen LogP contribution is -2.01. The van der Waals surface area contributed by atoms with Gasteiger partial charge in [-0.25, -0.2) is 5.90 Å². The van der Waals surface area contributed by atoms with E-state index in [9.17, 15) is 0 Å².